The Morgan fingerprint density at radius 2 is 1.89 bits per heavy atom. The Labute approximate surface area is 273 Å². The predicted molar refractivity (Wildman–Crippen MR) is 175 cm³/mol. The van der Waals surface area contributed by atoms with Gasteiger partial charge < -0.3 is 39.3 Å². The van der Waals surface area contributed by atoms with Crippen molar-refractivity contribution in [2.75, 3.05) is 49.6 Å². The molecule has 1 aliphatic carbocycles. The molecule has 0 radical (unpaired) electrons. The lowest BCUT2D eigenvalue weighted by molar-refractivity contribution is 0.0134. The third-order valence-corrected chi connectivity index (χ3v) is 9.22. The third-order valence-electron chi connectivity index (χ3n) is 9.22. The lowest BCUT2D eigenvalue weighted by Gasteiger charge is -2.41. The number of hydrogen-bond donors (Lipinski definition) is 2. The predicted octanol–water partition coefficient (Wildman–Crippen LogP) is 4.76. The molecule has 13 nitrogen and oxygen atoms in total. The van der Waals surface area contributed by atoms with Crippen LogP contribution in [0, 0.1) is 11.3 Å². The van der Waals surface area contributed by atoms with E-state index >= 15 is 0 Å². The Bertz CT molecular complexity index is 1730. The van der Waals surface area contributed by atoms with Crippen molar-refractivity contribution in [2.24, 2.45) is 0 Å². The molecule has 47 heavy (non-hydrogen) atoms. The molecule has 13 heteroatoms. The molecule has 1 atom stereocenters. The van der Waals surface area contributed by atoms with Crippen LogP contribution in [0.5, 0.6) is 11.8 Å². The van der Waals surface area contributed by atoms with Crippen LogP contribution in [0.4, 0.5) is 21.1 Å². The fraction of sp³-hybridized carbons (Fsp3) is 0.500. The average Bonchev–Trinajstić information content (AvgIpc) is 3.82. The number of benzene rings is 2. The van der Waals surface area contributed by atoms with Gasteiger partial charge in [-0.15, -0.1) is 0 Å². The summed E-state index contributed by atoms with van der Waals surface area (Å²) in [5, 5.41) is 31.7. The normalized spacial score (nSPS) is 18.7. The summed E-state index contributed by atoms with van der Waals surface area (Å²) in [4.78, 5) is 41.7. The Morgan fingerprint density at radius 3 is 2.60 bits per heavy atom. The number of aromatic hydroxyl groups is 1. The highest BCUT2D eigenvalue weighted by molar-refractivity contribution is 5.95. The van der Waals surface area contributed by atoms with E-state index in [0.717, 1.165) is 40.6 Å². The van der Waals surface area contributed by atoms with Gasteiger partial charge in [0.15, 0.2) is 0 Å². The quantitative estimate of drug-likeness (QED) is 0.366. The fourth-order valence-corrected chi connectivity index (χ4v) is 6.48. The van der Waals surface area contributed by atoms with Crippen molar-refractivity contribution >= 4 is 34.5 Å². The number of anilines is 2. The van der Waals surface area contributed by atoms with E-state index in [1.807, 2.05) is 49.9 Å². The summed E-state index contributed by atoms with van der Waals surface area (Å²) in [6.07, 6.45) is 0.730. The Morgan fingerprint density at radius 1 is 1.13 bits per heavy atom. The average molecular weight is 644 g/mol. The number of phenols is 1. The number of ether oxygens (including phenoxy) is 2. The summed E-state index contributed by atoms with van der Waals surface area (Å²) >= 11 is 0. The third kappa shape index (κ3) is 6.63. The molecule has 248 valence electrons. The van der Waals surface area contributed by atoms with Crippen molar-refractivity contribution < 1.29 is 29.3 Å². The summed E-state index contributed by atoms with van der Waals surface area (Å²) in [6.45, 7) is 7.73. The number of carboxylic acid groups (broad SMARTS) is 1. The van der Waals surface area contributed by atoms with Gasteiger partial charge in [-0.25, -0.2) is 9.59 Å². The van der Waals surface area contributed by atoms with Crippen molar-refractivity contribution in [1.29, 1.82) is 5.26 Å². The number of carbonyl (C=O) groups is 2. The molecule has 1 saturated heterocycles. The van der Waals surface area contributed by atoms with Gasteiger partial charge in [0.05, 0.1) is 36.3 Å². The highest BCUT2D eigenvalue weighted by Gasteiger charge is 2.51. The SMILES string of the molecule is CN(C(=O)OC(C)(C)C)C1(COc2nc3c(c(N4CCN(C(=O)O)[C@@H](CC#N)C4)n2)CCN(c2cc(O)cc4ccccc24)C3)CC1. The van der Waals surface area contributed by atoms with Gasteiger partial charge in [-0.2, -0.15) is 15.2 Å². The minimum atomic E-state index is -1.04. The summed E-state index contributed by atoms with van der Waals surface area (Å²) < 4.78 is 11.9. The van der Waals surface area contributed by atoms with E-state index < -0.39 is 29.4 Å². The number of fused-ring (bicyclic) bond motifs is 2. The van der Waals surface area contributed by atoms with Gasteiger partial charge in [0.1, 0.15) is 23.8 Å². The van der Waals surface area contributed by atoms with E-state index in [9.17, 15) is 25.1 Å². The second-order valence-corrected chi connectivity index (χ2v) is 13.6. The lowest BCUT2D eigenvalue weighted by atomic mass is 10.0. The number of hydrogen-bond acceptors (Lipinski definition) is 10. The lowest BCUT2D eigenvalue weighted by Crippen LogP contribution is -2.55. The fourth-order valence-electron chi connectivity index (χ4n) is 6.48. The first-order valence-electron chi connectivity index (χ1n) is 15.9. The van der Waals surface area contributed by atoms with Crippen LogP contribution in [0.2, 0.25) is 0 Å². The molecule has 2 fully saturated rings. The molecule has 6 rings (SSSR count). The highest BCUT2D eigenvalue weighted by Crippen LogP contribution is 2.42. The summed E-state index contributed by atoms with van der Waals surface area (Å²) in [5.41, 5.74) is 1.46. The summed E-state index contributed by atoms with van der Waals surface area (Å²) in [7, 11) is 1.72. The molecular weight excluding hydrogens is 602 g/mol. The maximum Gasteiger partial charge on any atom is 0.410 e. The van der Waals surface area contributed by atoms with Crippen molar-refractivity contribution in [1.82, 2.24) is 19.8 Å². The number of carbonyl (C=O) groups excluding carboxylic acids is 1. The number of aromatic nitrogens is 2. The first-order chi connectivity index (χ1) is 22.4. The second-order valence-electron chi connectivity index (χ2n) is 13.6. The summed E-state index contributed by atoms with van der Waals surface area (Å²) in [5.74, 6) is 0.851. The molecule has 3 aromatic rings. The molecule has 2 aliphatic heterocycles. The maximum atomic E-state index is 12.9. The van der Waals surface area contributed by atoms with Gasteiger partial charge in [0.25, 0.3) is 0 Å². The highest BCUT2D eigenvalue weighted by atomic mass is 16.6. The van der Waals surface area contributed by atoms with Crippen LogP contribution < -0.4 is 14.5 Å². The molecule has 0 spiro atoms. The van der Waals surface area contributed by atoms with E-state index in [0.29, 0.717) is 38.4 Å². The molecule has 2 amide bonds. The molecule has 3 aliphatic rings. The largest absolute Gasteiger partial charge is 0.508 e. The molecular formula is C34H41N7O6. The van der Waals surface area contributed by atoms with Crippen LogP contribution in [0.25, 0.3) is 10.8 Å². The zero-order valence-electron chi connectivity index (χ0n) is 27.3. The molecule has 2 N–H and O–H groups in total. The van der Waals surface area contributed by atoms with Gasteiger partial charge in [0.2, 0.25) is 0 Å². The van der Waals surface area contributed by atoms with E-state index in [1.54, 1.807) is 24.1 Å². The number of amides is 2. The Hall–Kier alpha value is -4.99. The smallest absolute Gasteiger partial charge is 0.410 e. The summed E-state index contributed by atoms with van der Waals surface area (Å²) in [6, 6.07) is 13.2. The van der Waals surface area contributed by atoms with Crippen LogP contribution in [0.15, 0.2) is 36.4 Å². The van der Waals surface area contributed by atoms with Gasteiger partial charge in [-0.05, 0) is 51.5 Å². The van der Waals surface area contributed by atoms with E-state index in [4.69, 9.17) is 19.4 Å². The van der Waals surface area contributed by atoms with Gasteiger partial charge in [0, 0.05) is 55.9 Å². The van der Waals surface area contributed by atoms with E-state index in [1.165, 1.54) is 4.90 Å². The number of nitriles is 1. The molecule has 2 aromatic carbocycles. The Kier molecular flexibility index (Phi) is 8.38. The van der Waals surface area contributed by atoms with Gasteiger partial charge >= 0.3 is 18.2 Å². The van der Waals surface area contributed by atoms with E-state index in [-0.39, 0.29) is 31.3 Å². The van der Waals surface area contributed by atoms with Crippen LogP contribution in [0.1, 0.15) is 51.3 Å². The first-order valence-corrected chi connectivity index (χ1v) is 15.9. The topological polar surface area (TPSA) is 156 Å². The van der Waals surface area contributed by atoms with E-state index in [2.05, 4.69) is 11.0 Å². The molecule has 1 saturated carbocycles. The number of likely N-dealkylation sites (N-methyl/N-ethyl adjacent to an activating group) is 1. The zero-order valence-corrected chi connectivity index (χ0v) is 27.3. The minimum Gasteiger partial charge on any atom is -0.508 e. The molecule has 1 aromatic heterocycles. The standard InChI is InChI=1S/C34H41N7O6/c1-33(2,3)47-32(45)38(4)34(11-12-34)21-46-30-36-27-20-39(28-18-24(42)17-22-7-5-6-8-25(22)28)14-10-26(27)29(37-30)40-15-16-41(31(43)44)23(19-40)9-13-35/h5-8,17-18,23,42H,9-12,14-16,19-21H2,1-4H3,(H,43,44)/t23-/m0/s1. The van der Waals surface area contributed by atoms with Crippen LogP contribution in [-0.2, 0) is 17.7 Å². The van der Waals surface area contributed by atoms with Gasteiger partial charge in [-0.1, -0.05) is 24.3 Å². The maximum absolute atomic E-state index is 12.9. The molecule has 0 unspecified atom stereocenters. The van der Waals surface area contributed by atoms with Crippen molar-refractivity contribution in [3.8, 4) is 17.8 Å². The van der Waals surface area contributed by atoms with Crippen molar-refractivity contribution in [3.05, 3.63) is 47.7 Å². The van der Waals surface area contributed by atoms with Crippen molar-refractivity contribution in [3.63, 3.8) is 0 Å². The molecule has 3 heterocycles. The number of nitrogens with zero attached hydrogens (tertiary/aromatic N) is 7. The second kappa shape index (κ2) is 12.3. The first kappa shape index (κ1) is 32.0. The minimum absolute atomic E-state index is 0.0668. The van der Waals surface area contributed by atoms with Crippen LogP contribution >= 0.6 is 0 Å². The Balaban J connectivity index is 1.32. The number of piperazine rings is 1. The van der Waals surface area contributed by atoms with Crippen LogP contribution in [0.3, 0.4) is 0 Å². The monoisotopic (exact) mass is 643 g/mol. The van der Waals surface area contributed by atoms with Crippen LogP contribution in [-0.4, -0.2) is 99.2 Å². The van der Waals surface area contributed by atoms with Gasteiger partial charge in [-0.3, -0.25) is 0 Å². The van der Waals surface area contributed by atoms with Crippen molar-refractivity contribution in [2.45, 2.75) is 70.2 Å². The zero-order chi connectivity index (χ0) is 33.5. The number of rotatable bonds is 7. The molecule has 0 bridgehead atoms. The number of phenolic OH excluding ortho intramolecular Hbond substituents is 1.